The van der Waals surface area contributed by atoms with E-state index < -0.39 is 0 Å². The predicted octanol–water partition coefficient (Wildman–Crippen LogP) is 3.54. The molecule has 0 saturated carbocycles. The quantitative estimate of drug-likeness (QED) is 0.458. The summed E-state index contributed by atoms with van der Waals surface area (Å²) in [5.41, 5.74) is 8.54. The molecule has 0 spiro atoms. The standard InChI is InChI=1S/C24H19FN6O/c25-21-7-3-1-5-16(21)14-30-15-18(19-6-2-4-8-22(19)30)11-17(12-26)23-20(13-27)24(28)31(29-23)9-10-32/h1-8,11,15,32H,9-10,14,28H2. The number of aliphatic hydroxyl groups excluding tert-OH is 1. The normalized spacial score (nSPS) is 11.4. The van der Waals surface area contributed by atoms with Crippen molar-refractivity contribution in [1.82, 2.24) is 14.3 Å². The summed E-state index contributed by atoms with van der Waals surface area (Å²) in [5.74, 6) is -0.191. The number of aliphatic hydroxyl groups is 1. The SMILES string of the molecule is N#CC(=Cc1cn(Cc2ccccc2F)c2ccccc12)c1nn(CCO)c(N)c1C#N. The minimum absolute atomic E-state index is 0.0846. The third kappa shape index (κ3) is 3.71. The van der Waals surface area contributed by atoms with Crippen LogP contribution in [-0.2, 0) is 13.1 Å². The van der Waals surface area contributed by atoms with Gasteiger partial charge in [0.1, 0.15) is 35.0 Å². The molecule has 0 bridgehead atoms. The lowest BCUT2D eigenvalue weighted by molar-refractivity contribution is 0.270. The molecule has 2 aromatic heterocycles. The molecule has 0 unspecified atom stereocenters. The van der Waals surface area contributed by atoms with Crippen molar-refractivity contribution in [3.8, 4) is 12.1 Å². The molecule has 4 aromatic rings. The average Bonchev–Trinajstić information content (AvgIpc) is 3.31. The van der Waals surface area contributed by atoms with Crippen LogP contribution in [-0.4, -0.2) is 26.1 Å². The number of halogens is 1. The number of nitrogens with zero attached hydrogens (tertiary/aromatic N) is 5. The van der Waals surface area contributed by atoms with Crippen LogP contribution < -0.4 is 5.73 Å². The van der Waals surface area contributed by atoms with E-state index in [1.54, 1.807) is 24.3 Å². The van der Waals surface area contributed by atoms with Crippen LogP contribution in [0.1, 0.15) is 22.4 Å². The summed E-state index contributed by atoms with van der Waals surface area (Å²) in [6.07, 6.45) is 3.49. The van der Waals surface area contributed by atoms with Gasteiger partial charge in [-0.2, -0.15) is 15.6 Å². The van der Waals surface area contributed by atoms with Gasteiger partial charge in [-0.15, -0.1) is 0 Å². The Bertz CT molecular complexity index is 1420. The van der Waals surface area contributed by atoms with Crippen LogP contribution in [0.25, 0.3) is 22.6 Å². The molecule has 7 nitrogen and oxygen atoms in total. The molecule has 2 aromatic carbocycles. The van der Waals surface area contributed by atoms with Gasteiger partial charge < -0.3 is 15.4 Å². The van der Waals surface area contributed by atoms with Gasteiger partial charge in [0, 0.05) is 28.2 Å². The van der Waals surface area contributed by atoms with Crippen LogP contribution in [0.5, 0.6) is 0 Å². The third-order valence-electron chi connectivity index (χ3n) is 5.21. The Hall–Kier alpha value is -4.40. The van der Waals surface area contributed by atoms with E-state index in [0.717, 1.165) is 16.5 Å². The molecule has 0 aliphatic heterocycles. The lowest BCUT2D eigenvalue weighted by atomic mass is 10.1. The zero-order chi connectivity index (χ0) is 22.7. The number of benzene rings is 2. The molecule has 0 fully saturated rings. The maximum Gasteiger partial charge on any atom is 0.140 e. The van der Waals surface area contributed by atoms with Gasteiger partial charge in [0.25, 0.3) is 0 Å². The summed E-state index contributed by atoms with van der Waals surface area (Å²) in [5, 5.41) is 33.7. The fourth-order valence-corrected chi connectivity index (χ4v) is 3.68. The molecule has 0 aliphatic rings. The van der Waals surface area contributed by atoms with Crippen molar-refractivity contribution in [1.29, 1.82) is 10.5 Å². The second-order valence-electron chi connectivity index (χ2n) is 7.16. The van der Waals surface area contributed by atoms with E-state index in [9.17, 15) is 20.0 Å². The Morgan fingerprint density at radius 2 is 1.91 bits per heavy atom. The Balaban J connectivity index is 1.84. The number of rotatable bonds is 6. The van der Waals surface area contributed by atoms with Gasteiger partial charge in [-0.3, -0.25) is 0 Å². The first-order valence-corrected chi connectivity index (χ1v) is 9.88. The summed E-state index contributed by atoms with van der Waals surface area (Å²) >= 11 is 0. The summed E-state index contributed by atoms with van der Waals surface area (Å²) < 4.78 is 17.4. The third-order valence-corrected chi connectivity index (χ3v) is 5.21. The van der Waals surface area contributed by atoms with Crippen molar-refractivity contribution in [2.24, 2.45) is 0 Å². The number of hydrogen-bond donors (Lipinski definition) is 2. The lowest BCUT2D eigenvalue weighted by Gasteiger charge is -2.06. The Kier molecular flexibility index (Phi) is 5.71. The number of nitrogens with two attached hydrogens (primary N) is 1. The number of nitrogen functional groups attached to an aromatic ring is 1. The van der Waals surface area contributed by atoms with E-state index >= 15 is 0 Å². The van der Waals surface area contributed by atoms with Gasteiger partial charge >= 0.3 is 0 Å². The number of allylic oxidation sites excluding steroid dienone is 1. The van der Waals surface area contributed by atoms with Gasteiger partial charge in [-0.1, -0.05) is 36.4 Å². The number of nitriles is 2. The summed E-state index contributed by atoms with van der Waals surface area (Å²) in [6, 6.07) is 18.3. The van der Waals surface area contributed by atoms with E-state index in [1.165, 1.54) is 10.7 Å². The molecule has 4 rings (SSSR count). The molecule has 32 heavy (non-hydrogen) atoms. The Morgan fingerprint density at radius 1 is 1.16 bits per heavy atom. The van der Waals surface area contributed by atoms with Crippen LogP contribution in [0.15, 0.2) is 54.7 Å². The van der Waals surface area contributed by atoms with Gasteiger partial charge in [0.05, 0.1) is 25.3 Å². The largest absolute Gasteiger partial charge is 0.394 e. The van der Waals surface area contributed by atoms with E-state index in [4.69, 9.17) is 5.73 Å². The number of aromatic nitrogens is 3. The fourth-order valence-electron chi connectivity index (χ4n) is 3.68. The monoisotopic (exact) mass is 426 g/mol. The van der Waals surface area contributed by atoms with Crippen molar-refractivity contribution >= 4 is 28.4 Å². The van der Waals surface area contributed by atoms with E-state index in [2.05, 4.69) is 11.2 Å². The predicted molar refractivity (Wildman–Crippen MR) is 119 cm³/mol. The maximum absolute atomic E-state index is 14.2. The first-order chi connectivity index (χ1) is 15.6. The molecule has 2 heterocycles. The highest BCUT2D eigenvalue weighted by atomic mass is 19.1. The highest BCUT2D eigenvalue weighted by molar-refractivity contribution is 5.98. The Morgan fingerprint density at radius 3 is 2.62 bits per heavy atom. The molecular formula is C24H19FN6O. The van der Waals surface area contributed by atoms with Crippen LogP contribution in [0, 0.1) is 28.5 Å². The van der Waals surface area contributed by atoms with E-state index in [-0.39, 0.29) is 41.6 Å². The average molecular weight is 426 g/mol. The Labute approximate surface area is 183 Å². The second kappa shape index (κ2) is 8.76. The fraction of sp³-hybridized carbons (Fsp3) is 0.125. The zero-order valence-corrected chi connectivity index (χ0v) is 17.0. The maximum atomic E-state index is 14.2. The molecule has 0 radical (unpaired) electrons. The van der Waals surface area contributed by atoms with Crippen LogP contribution >= 0.6 is 0 Å². The van der Waals surface area contributed by atoms with Crippen molar-refractivity contribution in [2.45, 2.75) is 13.1 Å². The smallest absolute Gasteiger partial charge is 0.140 e. The van der Waals surface area contributed by atoms with Gasteiger partial charge in [-0.05, 0) is 18.2 Å². The molecule has 3 N–H and O–H groups in total. The topological polar surface area (TPSA) is 117 Å². The number of fused-ring (bicyclic) bond motifs is 1. The summed E-state index contributed by atoms with van der Waals surface area (Å²) in [4.78, 5) is 0. The molecule has 0 aliphatic carbocycles. The minimum atomic E-state index is -0.288. The van der Waals surface area contributed by atoms with Crippen molar-refractivity contribution in [2.75, 3.05) is 12.3 Å². The summed E-state index contributed by atoms with van der Waals surface area (Å²) in [7, 11) is 0. The molecule has 158 valence electrons. The van der Waals surface area contributed by atoms with Gasteiger partial charge in [-0.25, -0.2) is 9.07 Å². The lowest BCUT2D eigenvalue weighted by Crippen LogP contribution is -2.07. The van der Waals surface area contributed by atoms with Crippen molar-refractivity contribution in [3.63, 3.8) is 0 Å². The number of hydrogen-bond acceptors (Lipinski definition) is 5. The molecule has 8 heteroatoms. The summed E-state index contributed by atoms with van der Waals surface area (Å²) in [6.45, 7) is 0.233. The van der Waals surface area contributed by atoms with Crippen LogP contribution in [0.3, 0.4) is 0 Å². The van der Waals surface area contributed by atoms with Gasteiger partial charge in [0.2, 0.25) is 0 Å². The number of para-hydroxylation sites is 1. The van der Waals surface area contributed by atoms with Crippen LogP contribution in [0.4, 0.5) is 10.2 Å². The molecular weight excluding hydrogens is 407 g/mol. The second-order valence-corrected chi connectivity index (χ2v) is 7.16. The van der Waals surface area contributed by atoms with Gasteiger partial charge in [0.15, 0.2) is 0 Å². The highest BCUT2D eigenvalue weighted by Gasteiger charge is 2.19. The zero-order valence-electron chi connectivity index (χ0n) is 17.0. The number of anilines is 1. The first-order valence-electron chi connectivity index (χ1n) is 9.88. The molecule has 0 amide bonds. The van der Waals surface area contributed by atoms with E-state index in [1.807, 2.05) is 41.1 Å². The molecule has 0 saturated heterocycles. The van der Waals surface area contributed by atoms with Crippen LogP contribution in [0.2, 0.25) is 0 Å². The van der Waals surface area contributed by atoms with Crippen molar-refractivity contribution < 1.29 is 9.50 Å². The molecule has 0 atom stereocenters. The first kappa shape index (κ1) is 20.9. The van der Waals surface area contributed by atoms with E-state index in [0.29, 0.717) is 12.1 Å². The van der Waals surface area contributed by atoms with Crippen molar-refractivity contribution in [3.05, 3.63) is 82.9 Å². The minimum Gasteiger partial charge on any atom is -0.394 e. The highest BCUT2D eigenvalue weighted by Crippen LogP contribution is 2.29.